The lowest BCUT2D eigenvalue weighted by Gasteiger charge is -2.14. The molecule has 0 saturated heterocycles. The lowest BCUT2D eigenvalue weighted by atomic mass is 10.1. The van der Waals surface area contributed by atoms with Gasteiger partial charge in [0.1, 0.15) is 11.0 Å². The molecule has 7 nitrogen and oxygen atoms in total. The fraction of sp³-hybridized carbons (Fsp3) is 0.286. The lowest BCUT2D eigenvalue weighted by Crippen LogP contribution is -2.33. The van der Waals surface area contributed by atoms with Gasteiger partial charge in [0.25, 0.3) is 0 Å². The van der Waals surface area contributed by atoms with E-state index in [1.165, 1.54) is 6.92 Å². The van der Waals surface area contributed by atoms with E-state index in [2.05, 4.69) is 15.5 Å². The van der Waals surface area contributed by atoms with Gasteiger partial charge in [-0.15, -0.1) is 0 Å². The Kier molecular flexibility index (Phi) is 5.83. The van der Waals surface area contributed by atoms with Crippen molar-refractivity contribution in [1.82, 2.24) is 10.1 Å². The Labute approximate surface area is 170 Å². The van der Waals surface area contributed by atoms with Gasteiger partial charge in [-0.1, -0.05) is 52.7 Å². The minimum atomic E-state index is -3.84. The first-order valence-electron chi connectivity index (χ1n) is 9.15. The van der Waals surface area contributed by atoms with E-state index in [1.54, 1.807) is 6.07 Å². The van der Waals surface area contributed by atoms with E-state index < -0.39 is 26.7 Å². The number of nitrogens with one attached hydrogen (secondary N) is 1. The molecule has 0 fully saturated rings. The van der Waals surface area contributed by atoms with Gasteiger partial charge in [-0.3, -0.25) is 4.79 Å². The molecule has 1 amide bonds. The summed E-state index contributed by atoms with van der Waals surface area (Å²) in [4.78, 5) is 16.6. The highest BCUT2D eigenvalue weighted by atomic mass is 32.2. The predicted octanol–water partition coefficient (Wildman–Crippen LogP) is 3.60. The summed E-state index contributed by atoms with van der Waals surface area (Å²) in [7, 11) is -3.84. The fourth-order valence-corrected chi connectivity index (χ4v) is 3.88. The van der Waals surface area contributed by atoms with E-state index in [4.69, 9.17) is 4.52 Å². The van der Waals surface area contributed by atoms with Crippen LogP contribution in [0.5, 0.6) is 0 Å². The van der Waals surface area contributed by atoms with Crippen LogP contribution in [-0.2, 0) is 20.4 Å². The standard InChI is InChI=1S/C21H23N3O4S/c1-13-5-8-17(9-6-13)20-23-19(28-24-20)12-29(26,27)16(4)21(25)22-18-10-7-14(2)11-15(18)3/h5-11,16H,12H2,1-4H3,(H,22,25)/t16-/m0/s1. The Morgan fingerprint density at radius 1 is 1.07 bits per heavy atom. The van der Waals surface area contributed by atoms with Crippen molar-refractivity contribution in [2.45, 2.75) is 38.7 Å². The Morgan fingerprint density at radius 2 is 1.72 bits per heavy atom. The number of amides is 1. The van der Waals surface area contributed by atoms with E-state index in [0.717, 1.165) is 22.3 Å². The van der Waals surface area contributed by atoms with Crippen LogP contribution in [0.1, 0.15) is 29.5 Å². The van der Waals surface area contributed by atoms with Crippen molar-refractivity contribution in [3.8, 4) is 11.4 Å². The van der Waals surface area contributed by atoms with Crippen molar-refractivity contribution in [2.24, 2.45) is 0 Å². The molecule has 0 bridgehead atoms. The van der Waals surface area contributed by atoms with Gasteiger partial charge in [0.15, 0.2) is 9.84 Å². The molecule has 0 saturated carbocycles. The maximum atomic E-state index is 12.7. The zero-order valence-corrected chi connectivity index (χ0v) is 17.6. The number of rotatable bonds is 6. The van der Waals surface area contributed by atoms with E-state index in [9.17, 15) is 13.2 Å². The molecular weight excluding hydrogens is 390 g/mol. The largest absolute Gasteiger partial charge is 0.338 e. The van der Waals surface area contributed by atoms with Crippen LogP contribution in [0.25, 0.3) is 11.4 Å². The van der Waals surface area contributed by atoms with Gasteiger partial charge < -0.3 is 9.84 Å². The first-order valence-corrected chi connectivity index (χ1v) is 10.9. The van der Waals surface area contributed by atoms with Crippen LogP contribution >= 0.6 is 0 Å². The first-order chi connectivity index (χ1) is 13.7. The van der Waals surface area contributed by atoms with Crippen molar-refractivity contribution >= 4 is 21.4 Å². The average Bonchev–Trinajstić information content (AvgIpc) is 3.11. The Morgan fingerprint density at radius 3 is 2.38 bits per heavy atom. The van der Waals surface area contributed by atoms with Crippen molar-refractivity contribution in [3.63, 3.8) is 0 Å². The summed E-state index contributed by atoms with van der Waals surface area (Å²) in [5.74, 6) is -0.850. The van der Waals surface area contributed by atoms with Gasteiger partial charge in [0.05, 0.1) is 0 Å². The summed E-state index contributed by atoms with van der Waals surface area (Å²) in [5.41, 5.74) is 4.32. The zero-order chi connectivity index (χ0) is 21.2. The number of aromatic nitrogens is 2. The summed E-state index contributed by atoms with van der Waals surface area (Å²) < 4.78 is 30.4. The molecule has 1 aromatic heterocycles. The number of benzene rings is 2. The Hall–Kier alpha value is -3.00. The van der Waals surface area contributed by atoms with Crippen LogP contribution in [0.2, 0.25) is 0 Å². The van der Waals surface area contributed by atoms with Crippen LogP contribution in [0.15, 0.2) is 47.0 Å². The van der Waals surface area contributed by atoms with Gasteiger partial charge in [-0.05, 0) is 39.3 Å². The Balaban J connectivity index is 1.71. The number of aryl methyl sites for hydroxylation is 3. The SMILES string of the molecule is Cc1ccc(-c2noc(CS(=O)(=O)[C@@H](C)C(=O)Nc3ccc(C)cc3C)n2)cc1. The topological polar surface area (TPSA) is 102 Å². The predicted molar refractivity (Wildman–Crippen MR) is 111 cm³/mol. The molecule has 0 aliphatic carbocycles. The van der Waals surface area contributed by atoms with E-state index in [0.29, 0.717) is 11.5 Å². The zero-order valence-electron chi connectivity index (χ0n) is 16.8. The molecule has 152 valence electrons. The van der Waals surface area contributed by atoms with E-state index in [-0.39, 0.29) is 5.89 Å². The smallest absolute Gasteiger partial charge is 0.242 e. The summed E-state index contributed by atoms with van der Waals surface area (Å²) in [6.45, 7) is 7.11. The number of hydrogen-bond acceptors (Lipinski definition) is 6. The number of anilines is 1. The number of hydrogen-bond donors (Lipinski definition) is 1. The number of sulfone groups is 1. The van der Waals surface area contributed by atoms with Gasteiger partial charge in [0.2, 0.25) is 17.6 Å². The molecular formula is C21H23N3O4S. The van der Waals surface area contributed by atoms with Crippen LogP contribution in [0.3, 0.4) is 0 Å². The second-order valence-corrected chi connectivity index (χ2v) is 9.46. The molecule has 1 atom stereocenters. The van der Waals surface area contributed by atoms with Crippen LogP contribution in [0, 0.1) is 20.8 Å². The summed E-state index contributed by atoms with van der Waals surface area (Å²) in [6.07, 6.45) is 0. The highest BCUT2D eigenvalue weighted by Gasteiger charge is 2.30. The number of carbonyl (C=O) groups is 1. The van der Waals surface area contributed by atoms with E-state index in [1.807, 2.05) is 57.2 Å². The Bertz CT molecular complexity index is 1130. The highest BCUT2D eigenvalue weighted by molar-refractivity contribution is 7.92. The molecule has 0 radical (unpaired) electrons. The fourth-order valence-electron chi connectivity index (χ4n) is 2.78. The molecule has 0 spiro atoms. The highest BCUT2D eigenvalue weighted by Crippen LogP contribution is 2.20. The van der Waals surface area contributed by atoms with Gasteiger partial charge >= 0.3 is 0 Å². The third-order valence-electron chi connectivity index (χ3n) is 4.65. The summed E-state index contributed by atoms with van der Waals surface area (Å²) in [5, 5.41) is 5.26. The molecule has 0 aliphatic rings. The molecule has 3 rings (SSSR count). The molecule has 1 N–H and O–H groups in total. The maximum Gasteiger partial charge on any atom is 0.242 e. The quantitative estimate of drug-likeness (QED) is 0.662. The van der Waals surface area contributed by atoms with Crippen molar-refractivity contribution in [1.29, 1.82) is 0 Å². The summed E-state index contributed by atoms with van der Waals surface area (Å²) in [6, 6.07) is 13.0. The maximum absolute atomic E-state index is 12.7. The second kappa shape index (κ2) is 8.16. The molecule has 0 aliphatic heterocycles. The molecule has 0 unspecified atom stereocenters. The van der Waals surface area contributed by atoms with Gasteiger partial charge in [0, 0.05) is 11.3 Å². The van der Waals surface area contributed by atoms with Crippen LogP contribution < -0.4 is 5.32 Å². The van der Waals surface area contributed by atoms with Crippen molar-refractivity contribution in [3.05, 3.63) is 65.0 Å². The third kappa shape index (κ3) is 4.89. The van der Waals surface area contributed by atoms with Crippen molar-refractivity contribution in [2.75, 3.05) is 5.32 Å². The first kappa shape index (κ1) is 20.7. The monoisotopic (exact) mass is 413 g/mol. The molecule has 29 heavy (non-hydrogen) atoms. The molecule has 8 heteroatoms. The van der Waals surface area contributed by atoms with Crippen LogP contribution in [0.4, 0.5) is 5.69 Å². The summed E-state index contributed by atoms with van der Waals surface area (Å²) >= 11 is 0. The van der Waals surface area contributed by atoms with Crippen LogP contribution in [-0.4, -0.2) is 29.7 Å². The number of nitrogens with zero attached hydrogens (tertiary/aromatic N) is 2. The third-order valence-corrected chi connectivity index (χ3v) is 6.59. The molecule has 2 aromatic carbocycles. The lowest BCUT2D eigenvalue weighted by molar-refractivity contribution is -0.115. The average molecular weight is 413 g/mol. The normalized spacial score (nSPS) is 12.6. The minimum Gasteiger partial charge on any atom is -0.338 e. The molecule has 1 heterocycles. The minimum absolute atomic E-state index is 0.0493. The van der Waals surface area contributed by atoms with E-state index >= 15 is 0 Å². The van der Waals surface area contributed by atoms with Crippen molar-refractivity contribution < 1.29 is 17.7 Å². The number of carbonyl (C=O) groups excluding carboxylic acids is 1. The van der Waals surface area contributed by atoms with Gasteiger partial charge in [-0.25, -0.2) is 8.42 Å². The second-order valence-electron chi connectivity index (χ2n) is 7.13. The molecule has 3 aromatic rings. The van der Waals surface area contributed by atoms with Gasteiger partial charge in [-0.2, -0.15) is 4.98 Å².